The Morgan fingerprint density at radius 3 is 2.67 bits per heavy atom. The van der Waals surface area contributed by atoms with Crippen molar-refractivity contribution in [1.82, 2.24) is 0 Å². The van der Waals surface area contributed by atoms with Crippen LogP contribution in [0.2, 0.25) is 0 Å². The molecule has 0 spiro atoms. The van der Waals surface area contributed by atoms with Gasteiger partial charge in [-0.3, -0.25) is 0 Å². The van der Waals surface area contributed by atoms with Gasteiger partial charge in [0.25, 0.3) is 0 Å². The van der Waals surface area contributed by atoms with Crippen LogP contribution in [0.4, 0.5) is 0 Å². The predicted molar refractivity (Wildman–Crippen MR) is 46.7 cm³/mol. The fourth-order valence-corrected chi connectivity index (χ4v) is 0.952. The largest absolute Gasteiger partial charge is 0.508 e. The number of phenols is 1. The molecule has 0 aliphatic heterocycles. The molecule has 0 heterocycles. The Balaban J connectivity index is 3.03. The van der Waals surface area contributed by atoms with Crippen molar-refractivity contribution in [2.75, 3.05) is 6.61 Å². The smallest absolute Gasteiger partial charge is 0.115 e. The first-order valence-electron chi connectivity index (χ1n) is 3.75. The van der Waals surface area contributed by atoms with Crippen LogP contribution >= 0.6 is 0 Å². The number of nitrogens with two attached hydrogens (primary N) is 1. The summed E-state index contributed by atoms with van der Waals surface area (Å²) in [5, 5.41) is 18.1. The Morgan fingerprint density at radius 2 is 2.17 bits per heavy atom. The molecule has 0 saturated carbocycles. The number of hydrogen-bond donors (Lipinski definition) is 3. The maximum absolute atomic E-state index is 9.13. The van der Waals surface area contributed by atoms with Gasteiger partial charge in [-0.25, -0.2) is 0 Å². The van der Waals surface area contributed by atoms with E-state index in [1.807, 2.05) is 0 Å². The Bertz CT molecular complexity index is 271. The average molecular weight is 167 g/mol. The molecule has 1 aromatic rings. The van der Waals surface area contributed by atoms with E-state index in [4.69, 9.17) is 15.9 Å². The van der Waals surface area contributed by atoms with Gasteiger partial charge in [-0.1, -0.05) is 12.1 Å². The summed E-state index contributed by atoms with van der Waals surface area (Å²) in [6.07, 6.45) is 0. The molecule has 0 amide bonds. The highest BCUT2D eigenvalue weighted by atomic mass is 16.3. The monoisotopic (exact) mass is 167 g/mol. The Morgan fingerprint density at radius 1 is 1.50 bits per heavy atom. The average Bonchev–Trinajstić information content (AvgIpc) is 2.05. The van der Waals surface area contributed by atoms with Crippen LogP contribution in [0.5, 0.6) is 5.75 Å². The maximum Gasteiger partial charge on any atom is 0.115 e. The van der Waals surface area contributed by atoms with Gasteiger partial charge in [0.05, 0.1) is 12.1 Å². The molecule has 1 unspecified atom stereocenters. The second-order valence-electron chi connectivity index (χ2n) is 3.13. The summed E-state index contributed by atoms with van der Waals surface area (Å²) in [5.41, 5.74) is 5.69. The van der Waals surface area contributed by atoms with Crippen LogP contribution in [-0.4, -0.2) is 16.8 Å². The number of benzene rings is 1. The van der Waals surface area contributed by atoms with Crippen molar-refractivity contribution in [1.29, 1.82) is 0 Å². The van der Waals surface area contributed by atoms with Crippen LogP contribution in [0, 0.1) is 0 Å². The van der Waals surface area contributed by atoms with Crippen molar-refractivity contribution in [3.63, 3.8) is 0 Å². The van der Waals surface area contributed by atoms with E-state index in [9.17, 15) is 0 Å². The zero-order valence-corrected chi connectivity index (χ0v) is 6.99. The minimum atomic E-state index is -0.779. The van der Waals surface area contributed by atoms with E-state index in [-0.39, 0.29) is 12.4 Å². The number of rotatable bonds is 2. The molecule has 0 aliphatic rings. The molecule has 12 heavy (non-hydrogen) atoms. The third-order valence-corrected chi connectivity index (χ3v) is 1.83. The van der Waals surface area contributed by atoms with Gasteiger partial charge < -0.3 is 15.9 Å². The van der Waals surface area contributed by atoms with E-state index < -0.39 is 5.54 Å². The molecule has 3 heteroatoms. The second-order valence-corrected chi connectivity index (χ2v) is 3.13. The van der Waals surface area contributed by atoms with Crippen LogP contribution in [0.3, 0.4) is 0 Å². The van der Waals surface area contributed by atoms with Gasteiger partial charge in [0.1, 0.15) is 5.75 Å². The van der Waals surface area contributed by atoms with Crippen LogP contribution in [0.25, 0.3) is 0 Å². The molecule has 1 atom stereocenters. The van der Waals surface area contributed by atoms with Gasteiger partial charge in [0.2, 0.25) is 0 Å². The van der Waals surface area contributed by atoms with Crippen LogP contribution in [-0.2, 0) is 5.54 Å². The van der Waals surface area contributed by atoms with Crippen LogP contribution in [0.1, 0.15) is 12.5 Å². The first-order valence-corrected chi connectivity index (χ1v) is 3.75. The standard InChI is InChI=1S/C9H13NO2/c1-9(10,6-11)7-3-2-4-8(12)5-7/h2-5,11-12H,6,10H2,1H3. The Hall–Kier alpha value is -1.06. The fraction of sp³-hybridized carbons (Fsp3) is 0.333. The molecule has 0 fully saturated rings. The lowest BCUT2D eigenvalue weighted by atomic mass is 9.94. The highest BCUT2D eigenvalue weighted by Crippen LogP contribution is 2.20. The van der Waals surface area contributed by atoms with Crippen LogP contribution in [0.15, 0.2) is 24.3 Å². The molecular formula is C9H13NO2. The Kier molecular flexibility index (Phi) is 2.35. The fourth-order valence-electron chi connectivity index (χ4n) is 0.952. The lowest BCUT2D eigenvalue weighted by Gasteiger charge is -2.22. The first kappa shape index (κ1) is 9.03. The normalized spacial score (nSPS) is 15.6. The maximum atomic E-state index is 9.13. The summed E-state index contributed by atoms with van der Waals surface area (Å²) in [6, 6.07) is 6.59. The van der Waals surface area contributed by atoms with Gasteiger partial charge in [0.15, 0.2) is 0 Å². The van der Waals surface area contributed by atoms with Crippen LogP contribution < -0.4 is 5.73 Å². The van der Waals surface area contributed by atoms with E-state index in [1.165, 1.54) is 0 Å². The van der Waals surface area contributed by atoms with E-state index in [0.717, 1.165) is 5.56 Å². The summed E-state index contributed by atoms with van der Waals surface area (Å²) in [7, 11) is 0. The minimum Gasteiger partial charge on any atom is -0.508 e. The van der Waals surface area contributed by atoms with E-state index in [0.29, 0.717) is 0 Å². The van der Waals surface area contributed by atoms with Crippen molar-refractivity contribution >= 4 is 0 Å². The summed E-state index contributed by atoms with van der Waals surface area (Å²) in [4.78, 5) is 0. The SMILES string of the molecule is CC(N)(CO)c1cccc(O)c1. The van der Waals surface area contributed by atoms with E-state index >= 15 is 0 Å². The van der Waals surface area contributed by atoms with Gasteiger partial charge in [0, 0.05) is 0 Å². The molecular weight excluding hydrogens is 154 g/mol. The van der Waals surface area contributed by atoms with Gasteiger partial charge in [-0.2, -0.15) is 0 Å². The molecule has 1 aromatic carbocycles. The van der Waals surface area contributed by atoms with E-state index in [1.54, 1.807) is 31.2 Å². The van der Waals surface area contributed by atoms with Crippen molar-refractivity contribution in [3.05, 3.63) is 29.8 Å². The minimum absolute atomic E-state index is 0.142. The predicted octanol–water partition coefficient (Wildman–Crippen LogP) is 0.558. The summed E-state index contributed by atoms with van der Waals surface area (Å²) >= 11 is 0. The molecule has 66 valence electrons. The molecule has 1 rings (SSSR count). The highest BCUT2D eigenvalue weighted by molar-refractivity contribution is 5.31. The number of hydrogen-bond acceptors (Lipinski definition) is 3. The summed E-state index contributed by atoms with van der Waals surface area (Å²) in [5.74, 6) is 0.164. The number of aliphatic hydroxyl groups excluding tert-OH is 1. The quantitative estimate of drug-likeness (QED) is 0.603. The van der Waals surface area contributed by atoms with Crippen molar-refractivity contribution in [2.24, 2.45) is 5.73 Å². The summed E-state index contributed by atoms with van der Waals surface area (Å²) in [6.45, 7) is 1.57. The van der Waals surface area contributed by atoms with Crippen molar-refractivity contribution in [3.8, 4) is 5.75 Å². The van der Waals surface area contributed by atoms with Crippen molar-refractivity contribution < 1.29 is 10.2 Å². The second kappa shape index (κ2) is 3.13. The molecule has 0 aromatic heterocycles. The third kappa shape index (κ3) is 1.75. The lowest BCUT2D eigenvalue weighted by molar-refractivity contribution is 0.210. The molecule has 3 nitrogen and oxygen atoms in total. The zero-order chi connectivity index (χ0) is 9.19. The van der Waals surface area contributed by atoms with Gasteiger partial charge in [-0.05, 0) is 24.6 Å². The molecule has 0 radical (unpaired) electrons. The van der Waals surface area contributed by atoms with Crippen molar-refractivity contribution in [2.45, 2.75) is 12.5 Å². The number of aromatic hydroxyl groups is 1. The zero-order valence-electron chi connectivity index (χ0n) is 6.99. The Labute approximate surface area is 71.5 Å². The topological polar surface area (TPSA) is 66.5 Å². The summed E-state index contributed by atoms with van der Waals surface area (Å²) < 4.78 is 0. The molecule has 4 N–H and O–H groups in total. The molecule has 0 aliphatic carbocycles. The first-order chi connectivity index (χ1) is 5.56. The lowest BCUT2D eigenvalue weighted by Crippen LogP contribution is -2.36. The van der Waals surface area contributed by atoms with E-state index in [2.05, 4.69) is 0 Å². The third-order valence-electron chi connectivity index (χ3n) is 1.83. The molecule has 0 bridgehead atoms. The van der Waals surface area contributed by atoms with Gasteiger partial charge >= 0.3 is 0 Å². The van der Waals surface area contributed by atoms with Gasteiger partial charge in [-0.15, -0.1) is 0 Å². The number of aliphatic hydroxyl groups is 1. The highest BCUT2D eigenvalue weighted by Gasteiger charge is 2.19. The number of phenolic OH excluding ortho intramolecular Hbond substituents is 1. The molecule has 0 saturated heterocycles.